The van der Waals surface area contributed by atoms with E-state index in [1.165, 1.54) is 0 Å². The molecule has 5 heteroatoms. The first-order valence-electron chi connectivity index (χ1n) is 13.1. The minimum absolute atomic E-state index is 0.109. The van der Waals surface area contributed by atoms with E-state index < -0.39 is 0 Å². The SMILES string of the molecule is CC1(C)CC(=O)C2=C(C1)NC1=C(C(=O)CC(C)(C)C1)C2c1cn(Cc2ccc(Cl)cc2)c2ccccc12. The lowest BCUT2D eigenvalue weighted by Crippen LogP contribution is -2.42. The standard InChI is InChI=1S/C32H33ClN2O2/c1-31(2)13-23-29(26(36)15-31)28(30-24(34-23)14-32(3,4)16-27(30)37)22-18-35(25-8-6-5-7-21(22)25)17-19-9-11-20(33)12-10-19/h5-12,18,28,34H,13-17H2,1-4H3. The van der Waals surface area contributed by atoms with E-state index >= 15 is 0 Å². The van der Waals surface area contributed by atoms with Crippen LogP contribution in [0.1, 0.15) is 70.4 Å². The summed E-state index contributed by atoms with van der Waals surface area (Å²) in [7, 11) is 0. The highest BCUT2D eigenvalue weighted by atomic mass is 35.5. The molecule has 1 aromatic heterocycles. The molecule has 1 aliphatic heterocycles. The van der Waals surface area contributed by atoms with Crippen LogP contribution in [0.3, 0.4) is 0 Å². The van der Waals surface area contributed by atoms with Crippen molar-refractivity contribution < 1.29 is 9.59 Å². The molecule has 2 aromatic carbocycles. The number of dihydropyridines is 1. The zero-order chi connectivity index (χ0) is 26.1. The summed E-state index contributed by atoms with van der Waals surface area (Å²) in [6, 6.07) is 16.2. The lowest BCUT2D eigenvalue weighted by molar-refractivity contribution is -0.119. The van der Waals surface area contributed by atoms with Gasteiger partial charge >= 0.3 is 0 Å². The van der Waals surface area contributed by atoms with Gasteiger partial charge in [0, 0.05) is 70.0 Å². The Balaban J connectivity index is 1.56. The summed E-state index contributed by atoms with van der Waals surface area (Å²) in [6.07, 6.45) is 4.77. The van der Waals surface area contributed by atoms with Crippen molar-refractivity contribution in [3.8, 4) is 0 Å². The molecule has 190 valence electrons. The number of nitrogens with one attached hydrogen (secondary N) is 1. The molecule has 1 N–H and O–H groups in total. The summed E-state index contributed by atoms with van der Waals surface area (Å²) in [5.74, 6) is -0.0280. The zero-order valence-electron chi connectivity index (χ0n) is 22.0. The van der Waals surface area contributed by atoms with E-state index in [9.17, 15) is 9.59 Å². The third-order valence-electron chi connectivity index (χ3n) is 8.12. The number of para-hydroxylation sites is 1. The minimum atomic E-state index is -0.338. The molecule has 0 saturated heterocycles. The number of hydrogen-bond donors (Lipinski definition) is 1. The second kappa shape index (κ2) is 8.46. The number of halogens is 1. The second-order valence-corrected chi connectivity index (χ2v) is 13.0. The Hall–Kier alpha value is -3.11. The molecular formula is C32H33ClN2O2. The molecule has 2 aliphatic carbocycles. The van der Waals surface area contributed by atoms with Gasteiger partial charge in [0.1, 0.15) is 0 Å². The Bertz CT molecular complexity index is 1470. The van der Waals surface area contributed by atoms with Crippen LogP contribution in [0.15, 0.2) is 77.3 Å². The van der Waals surface area contributed by atoms with E-state index in [1.54, 1.807) is 0 Å². The Labute approximate surface area is 223 Å². The number of hydrogen-bond acceptors (Lipinski definition) is 3. The number of fused-ring (bicyclic) bond motifs is 1. The molecule has 3 aliphatic rings. The number of Topliss-reactive ketones (excluding diaryl/α,β-unsaturated/α-hetero) is 2. The smallest absolute Gasteiger partial charge is 0.162 e. The normalized spacial score (nSPS) is 21.2. The molecule has 0 saturated carbocycles. The van der Waals surface area contributed by atoms with Crippen LogP contribution in [-0.2, 0) is 16.1 Å². The molecule has 6 rings (SSSR count). The fraction of sp³-hybridized carbons (Fsp3) is 0.375. The molecule has 0 bridgehead atoms. The van der Waals surface area contributed by atoms with Gasteiger partial charge in [0.2, 0.25) is 0 Å². The second-order valence-electron chi connectivity index (χ2n) is 12.6. The molecule has 3 aromatic rings. The van der Waals surface area contributed by atoms with Crippen molar-refractivity contribution in [3.05, 3.63) is 93.4 Å². The fourth-order valence-electron chi connectivity index (χ4n) is 6.62. The highest BCUT2D eigenvalue weighted by molar-refractivity contribution is 6.30. The third kappa shape index (κ3) is 4.25. The zero-order valence-corrected chi connectivity index (χ0v) is 22.7. The monoisotopic (exact) mass is 512 g/mol. The van der Waals surface area contributed by atoms with E-state index in [0.29, 0.717) is 24.4 Å². The molecule has 0 atom stereocenters. The Morgan fingerprint density at radius 2 is 1.41 bits per heavy atom. The van der Waals surface area contributed by atoms with Crippen LogP contribution in [0.5, 0.6) is 0 Å². The van der Waals surface area contributed by atoms with Crippen LogP contribution in [0.4, 0.5) is 0 Å². The number of rotatable bonds is 3. The van der Waals surface area contributed by atoms with Gasteiger partial charge in [0.15, 0.2) is 11.6 Å². The van der Waals surface area contributed by atoms with Gasteiger partial charge in [-0.3, -0.25) is 9.59 Å². The van der Waals surface area contributed by atoms with Gasteiger partial charge in [-0.25, -0.2) is 0 Å². The van der Waals surface area contributed by atoms with Crippen LogP contribution in [0.25, 0.3) is 10.9 Å². The Morgan fingerprint density at radius 3 is 2.00 bits per heavy atom. The number of carbonyl (C=O) groups is 2. The third-order valence-corrected chi connectivity index (χ3v) is 8.37. The van der Waals surface area contributed by atoms with E-state index in [1.807, 2.05) is 36.4 Å². The number of nitrogens with zero attached hydrogens (tertiary/aromatic N) is 1. The quantitative estimate of drug-likeness (QED) is 0.400. The molecule has 4 nitrogen and oxygen atoms in total. The maximum Gasteiger partial charge on any atom is 0.162 e. The highest BCUT2D eigenvalue weighted by Gasteiger charge is 2.47. The Morgan fingerprint density at radius 1 is 0.838 bits per heavy atom. The lowest BCUT2D eigenvalue weighted by atomic mass is 9.64. The lowest BCUT2D eigenvalue weighted by Gasteiger charge is -2.43. The van der Waals surface area contributed by atoms with Gasteiger partial charge in [-0.15, -0.1) is 0 Å². The predicted octanol–water partition coefficient (Wildman–Crippen LogP) is 7.32. The molecular weight excluding hydrogens is 480 g/mol. The number of allylic oxidation sites excluding steroid dienone is 4. The number of ketones is 2. The number of carbonyl (C=O) groups excluding carboxylic acids is 2. The molecule has 0 radical (unpaired) electrons. The van der Waals surface area contributed by atoms with Crippen molar-refractivity contribution in [3.63, 3.8) is 0 Å². The summed E-state index contributed by atoms with van der Waals surface area (Å²) in [5, 5.41) is 5.44. The van der Waals surface area contributed by atoms with Crippen LogP contribution < -0.4 is 5.32 Å². The van der Waals surface area contributed by atoms with Gasteiger partial charge in [0.25, 0.3) is 0 Å². The number of benzene rings is 2. The maximum atomic E-state index is 13.8. The van der Waals surface area contributed by atoms with E-state index in [4.69, 9.17) is 11.6 Å². The van der Waals surface area contributed by atoms with Gasteiger partial charge in [-0.1, -0.05) is 69.6 Å². The molecule has 0 unspecified atom stereocenters. The van der Waals surface area contributed by atoms with Gasteiger partial charge in [0.05, 0.1) is 0 Å². The van der Waals surface area contributed by atoms with Crippen molar-refractivity contribution in [2.45, 2.75) is 65.8 Å². The van der Waals surface area contributed by atoms with Crippen LogP contribution in [0.2, 0.25) is 5.02 Å². The fourth-order valence-corrected chi connectivity index (χ4v) is 6.75. The summed E-state index contributed by atoms with van der Waals surface area (Å²) in [6.45, 7) is 9.31. The van der Waals surface area contributed by atoms with E-state index in [2.05, 4.69) is 55.9 Å². The minimum Gasteiger partial charge on any atom is -0.362 e. The van der Waals surface area contributed by atoms with Crippen molar-refractivity contribution in [1.29, 1.82) is 0 Å². The van der Waals surface area contributed by atoms with Crippen LogP contribution in [-0.4, -0.2) is 16.1 Å². The first-order chi connectivity index (χ1) is 17.5. The predicted molar refractivity (Wildman–Crippen MR) is 148 cm³/mol. The molecule has 2 heterocycles. The van der Waals surface area contributed by atoms with Crippen LogP contribution in [0, 0.1) is 10.8 Å². The average molecular weight is 513 g/mol. The molecule has 0 fully saturated rings. The van der Waals surface area contributed by atoms with Gasteiger partial charge in [-0.2, -0.15) is 0 Å². The molecule has 37 heavy (non-hydrogen) atoms. The summed E-state index contributed by atoms with van der Waals surface area (Å²) < 4.78 is 2.24. The topological polar surface area (TPSA) is 51.1 Å². The first kappa shape index (κ1) is 24.2. The van der Waals surface area contributed by atoms with Crippen molar-refractivity contribution in [2.75, 3.05) is 0 Å². The van der Waals surface area contributed by atoms with E-state index in [0.717, 1.165) is 57.4 Å². The number of aromatic nitrogens is 1. The van der Waals surface area contributed by atoms with E-state index in [-0.39, 0.29) is 28.3 Å². The summed E-state index contributed by atoms with van der Waals surface area (Å²) >= 11 is 6.13. The summed E-state index contributed by atoms with van der Waals surface area (Å²) in [5.41, 5.74) is 6.67. The van der Waals surface area contributed by atoms with Gasteiger partial charge in [-0.05, 0) is 53.0 Å². The molecule has 0 amide bonds. The van der Waals surface area contributed by atoms with Crippen molar-refractivity contribution in [1.82, 2.24) is 9.88 Å². The molecule has 0 spiro atoms. The van der Waals surface area contributed by atoms with Crippen LogP contribution >= 0.6 is 11.6 Å². The van der Waals surface area contributed by atoms with Gasteiger partial charge < -0.3 is 9.88 Å². The average Bonchev–Trinajstić information content (AvgIpc) is 3.15. The van der Waals surface area contributed by atoms with Crippen molar-refractivity contribution in [2.24, 2.45) is 10.8 Å². The highest BCUT2D eigenvalue weighted by Crippen LogP contribution is 2.52. The first-order valence-corrected chi connectivity index (χ1v) is 13.5. The largest absolute Gasteiger partial charge is 0.362 e. The Kier molecular flexibility index (Phi) is 5.54. The summed E-state index contributed by atoms with van der Waals surface area (Å²) in [4.78, 5) is 27.5. The van der Waals surface area contributed by atoms with Crippen molar-refractivity contribution >= 4 is 34.1 Å². The maximum absolute atomic E-state index is 13.8.